The molecule has 2 rings (SSSR count). The van der Waals surface area contributed by atoms with Gasteiger partial charge >= 0.3 is 5.97 Å². The van der Waals surface area contributed by atoms with Gasteiger partial charge in [-0.1, -0.05) is 12.8 Å². The first kappa shape index (κ1) is 12.8. The monoisotopic (exact) mass is 261 g/mol. The summed E-state index contributed by atoms with van der Waals surface area (Å²) in [6.45, 7) is 0. The minimum atomic E-state index is -3.44. The lowest BCUT2D eigenvalue weighted by Crippen LogP contribution is -2.47. The molecular weight excluding hydrogens is 242 g/mol. The van der Waals surface area contributed by atoms with E-state index in [1.54, 1.807) is 7.05 Å². The molecule has 0 saturated heterocycles. The van der Waals surface area contributed by atoms with Crippen LogP contribution in [0.2, 0.25) is 0 Å². The van der Waals surface area contributed by atoms with E-state index in [1.807, 2.05) is 0 Å². The number of hydrogen-bond donors (Lipinski definition) is 1. The Morgan fingerprint density at radius 1 is 1.18 bits per heavy atom. The molecule has 17 heavy (non-hydrogen) atoms. The van der Waals surface area contributed by atoms with Crippen LogP contribution in [0.15, 0.2) is 0 Å². The summed E-state index contributed by atoms with van der Waals surface area (Å²) >= 11 is 0. The average molecular weight is 261 g/mol. The predicted octanol–water partition coefficient (Wildman–Crippen LogP) is 1.05. The van der Waals surface area contributed by atoms with Crippen LogP contribution in [0.4, 0.5) is 0 Å². The fraction of sp³-hybridized carbons (Fsp3) is 0.909. The van der Waals surface area contributed by atoms with E-state index in [-0.39, 0.29) is 6.04 Å². The molecule has 2 fully saturated rings. The molecule has 1 N–H and O–H groups in total. The molecule has 2 aliphatic rings. The highest BCUT2D eigenvalue weighted by molar-refractivity contribution is 7.89. The summed E-state index contributed by atoms with van der Waals surface area (Å²) in [4.78, 5) is 11.1. The van der Waals surface area contributed by atoms with E-state index < -0.39 is 27.2 Å². The minimum Gasteiger partial charge on any atom is -0.481 e. The highest BCUT2D eigenvalue weighted by Gasteiger charge is 2.45. The maximum Gasteiger partial charge on any atom is 0.307 e. The van der Waals surface area contributed by atoms with Gasteiger partial charge < -0.3 is 5.11 Å². The molecule has 2 atom stereocenters. The summed E-state index contributed by atoms with van der Waals surface area (Å²) in [6, 6.07) is 0.0926. The maximum absolute atomic E-state index is 12.3. The Kier molecular flexibility index (Phi) is 3.45. The molecule has 0 bridgehead atoms. The second-order valence-corrected chi connectivity index (χ2v) is 7.27. The van der Waals surface area contributed by atoms with E-state index >= 15 is 0 Å². The molecule has 0 heterocycles. The van der Waals surface area contributed by atoms with Crippen molar-refractivity contribution in [3.05, 3.63) is 0 Å². The molecule has 2 unspecified atom stereocenters. The second-order valence-electron chi connectivity index (χ2n) is 5.06. The van der Waals surface area contributed by atoms with Crippen LogP contribution in [0.5, 0.6) is 0 Å². The van der Waals surface area contributed by atoms with Gasteiger partial charge in [-0.2, -0.15) is 0 Å². The molecule has 0 aromatic carbocycles. The molecule has 2 saturated carbocycles. The lowest BCUT2D eigenvalue weighted by molar-refractivity contribution is -0.141. The third kappa shape index (κ3) is 2.20. The van der Waals surface area contributed by atoms with E-state index in [4.69, 9.17) is 5.11 Å². The molecule has 5 nitrogen and oxygen atoms in total. The van der Waals surface area contributed by atoms with Crippen LogP contribution in [0, 0.1) is 5.92 Å². The number of hydrogen-bond acceptors (Lipinski definition) is 3. The number of carboxylic acids is 1. The third-order valence-corrected chi connectivity index (χ3v) is 6.57. The Morgan fingerprint density at radius 2 is 1.76 bits per heavy atom. The first-order valence-electron chi connectivity index (χ1n) is 6.14. The predicted molar refractivity (Wildman–Crippen MR) is 63.1 cm³/mol. The van der Waals surface area contributed by atoms with E-state index in [9.17, 15) is 13.2 Å². The Morgan fingerprint density at radius 3 is 2.24 bits per heavy atom. The Bertz CT molecular complexity index is 402. The van der Waals surface area contributed by atoms with Crippen molar-refractivity contribution in [2.45, 2.75) is 49.8 Å². The van der Waals surface area contributed by atoms with Gasteiger partial charge in [-0.25, -0.2) is 12.7 Å². The standard InChI is InChI=1S/C11H19NO4S/c1-12(8-4-2-5-8)17(15,16)10-7-3-6-9(10)11(13)14/h8-10H,2-7H2,1H3,(H,13,14). The first-order valence-corrected chi connectivity index (χ1v) is 7.64. The quantitative estimate of drug-likeness (QED) is 0.821. The van der Waals surface area contributed by atoms with Crippen LogP contribution >= 0.6 is 0 Å². The number of aliphatic carboxylic acids is 1. The second kappa shape index (κ2) is 4.57. The zero-order valence-electron chi connectivity index (χ0n) is 10.0. The molecule has 0 aromatic heterocycles. The third-order valence-electron chi connectivity index (χ3n) is 4.14. The van der Waals surface area contributed by atoms with E-state index in [1.165, 1.54) is 4.31 Å². The summed E-state index contributed by atoms with van der Waals surface area (Å²) in [5.74, 6) is -1.69. The number of nitrogens with zero attached hydrogens (tertiary/aromatic N) is 1. The molecule has 6 heteroatoms. The Labute approximate surface area is 102 Å². The zero-order chi connectivity index (χ0) is 12.6. The van der Waals surface area contributed by atoms with Gasteiger partial charge in [0.25, 0.3) is 0 Å². The van der Waals surface area contributed by atoms with Crippen molar-refractivity contribution >= 4 is 16.0 Å². The van der Waals surface area contributed by atoms with Crippen LogP contribution in [0.3, 0.4) is 0 Å². The van der Waals surface area contributed by atoms with Crippen LogP contribution in [-0.4, -0.2) is 42.1 Å². The van der Waals surface area contributed by atoms with Crippen LogP contribution < -0.4 is 0 Å². The normalized spacial score (nSPS) is 30.5. The zero-order valence-corrected chi connectivity index (χ0v) is 10.8. The summed E-state index contributed by atoms with van der Waals surface area (Å²) in [5.41, 5.74) is 0. The van der Waals surface area contributed by atoms with Crippen molar-refractivity contribution in [3.63, 3.8) is 0 Å². The lowest BCUT2D eigenvalue weighted by Gasteiger charge is -2.36. The largest absolute Gasteiger partial charge is 0.481 e. The Hall–Kier alpha value is -0.620. The van der Waals surface area contributed by atoms with Gasteiger partial charge in [0.05, 0.1) is 11.2 Å². The maximum atomic E-state index is 12.3. The van der Waals surface area contributed by atoms with Crippen LogP contribution in [0.1, 0.15) is 38.5 Å². The molecule has 0 aliphatic heterocycles. The first-order chi connectivity index (χ1) is 7.94. The van der Waals surface area contributed by atoms with E-state index in [0.29, 0.717) is 19.3 Å². The number of carbonyl (C=O) groups is 1. The van der Waals surface area contributed by atoms with Crippen LogP contribution in [0.25, 0.3) is 0 Å². The fourth-order valence-corrected chi connectivity index (χ4v) is 4.92. The van der Waals surface area contributed by atoms with E-state index in [0.717, 1.165) is 19.3 Å². The van der Waals surface area contributed by atoms with Crippen LogP contribution in [-0.2, 0) is 14.8 Å². The molecular formula is C11H19NO4S. The van der Waals surface area contributed by atoms with Gasteiger partial charge in [0.15, 0.2) is 0 Å². The summed E-state index contributed by atoms with van der Waals surface area (Å²) < 4.78 is 26.1. The van der Waals surface area contributed by atoms with Gasteiger partial charge in [-0.15, -0.1) is 0 Å². The SMILES string of the molecule is CN(C1CCC1)S(=O)(=O)C1CCCC1C(=O)O. The smallest absolute Gasteiger partial charge is 0.307 e. The number of sulfonamides is 1. The molecule has 2 aliphatic carbocycles. The number of rotatable bonds is 4. The molecule has 0 spiro atoms. The van der Waals surface area contributed by atoms with Crippen molar-refractivity contribution in [3.8, 4) is 0 Å². The summed E-state index contributed by atoms with van der Waals surface area (Å²) in [5, 5.41) is 8.34. The van der Waals surface area contributed by atoms with Crippen molar-refractivity contribution < 1.29 is 18.3 Å². The number of carboxylic acid groups (broad SMARTS) is 1. The van der Waals surface area contributed by atoms with E-state index in [2.05, 4.69) is 0 Å². The molecule has 0 radical (unpaired) electrons. The van der Waals surface area contributed by atoms with Gasteiger partial charge in [-0.3, -0.25) is 4.79 Å². The Balaban J connectivity index is 2.16. The molecule has 98 valence electrons. The summed E-state index contributed by atoms with van der Waals surface area (Å²) in [6.07, 6.45) is 4.53. The van der Waals surface area contributed by atoms with Gasteiger partial charge in [0.2, 0.25) is 10.0 Å². The highest BCUT2D eigenvalue weighted by Crippen LogP contribution is 2.35. The summed E-state index contributed by atoms with van der Waals surface area (Å²) in [7, 11) is -1.85. The lowest BCUT2D eigenvalue weighted by atomic mass is 9.93. The van der Waals surface area contributed by atoms with Crippen molar-refractivity contribution in [2.24, 2.45) is 5.92 Å². The van der Waals surface area contributed by atoms with Gasteiger partial charge in [0.1, 0.15) is 0 Å². The van der Waals surface area contributed by atoms with Gasteiger partial charge in [0, 0.05) is 13.1 Å². The van der Waals surface area contributed by atoms with Crippen molar-refractivity contribution in [2.75, 3.05) is 7.05 Å². The van der Waals surface area contributed by atoms with Gasteiger partial charge in [-0.05, 0) is 25.7 Å². The van der Waals surface area contributed by atoms with Crippen molar-refractivity contribution in [1.82, 2.24) is 4.31 Å². The highest BCUT2D eigenvalue weighted by atomic mass is 32.2. The molecule has 0 amide bonds. The average Bonchev–Trinajstić information content (AvgIpc) is 2.63. The van der Waals surface area contributed by atoms with Crippen molar-refractivity contribution in [1.29, 1.82) is 0 Å². The fourth-order valence-electron chi connectivity index (χ4n) is 2.74. The molecule has 0 aromatic rings. The topological polar surface area (TPSA) is 74.7 Å². The minimum absolute atomic E-state index is 0.0926.